The van der Waals surface area contributed by atoms with E-state index in [-0.39, 0.29) is 11.3 Å². The average molecular weight is 426 g/mol. The highest BCUT2D eigenvalue weighted by Crippen LogP contribution is 2.32. The summed E-state index contributed by atoms with van der Waals surface area (Å²) in [5.41, 5.74) is -0.00468. The minimum Gasteiger partial charge on any atom is -0.453 e. The van der Waals surface area contributed by atoms with Gasteiger partial charge in [-0.15, -0.1) is 0 Å². The molecule has 0 saturated carbocycles. The van der Waals surface area contributed by atoms with Crippen LogP contribution in [0.5, 0.6) is 11.5 Å². The van der Waals surface area contributed by atoms with Crippen LogP contribution < -0.4 is 9.47 Å². The number of Topliss-reactive ketones (excluding diaryl/α,β-unsaturated/α-hetero) is 4. The number of benzene rings is 1. The summed E-state index contributed by atoms with van der Waals surface area (Å²) in [6.07, 6.45) is -12.0. The Bertz CT molecular complexity index is 909. The zero-order valence-electron chi connectivity index (χ0n) is 14.7. The average Bonchev–Trinajstić information content (AvgIpc) is 2.73. The van der Waals surface area contributed by atoms with Crippen LogP contribution in [0.1, 0.15) is 10.4 Å². The van der Waals surface area contributed by atoms with Gasteiger partial charge >= 0.3 is 0 Å². The second-order valence-corrected chi connectivity index (χ2v) is 6.12. The lowest BCUT2D eigenvalue weighted by Gasteiger charge is -2.30. The number of hydrogen-bond donors (Lipinski definition) is 4. The SMILES string of the molecule is O=Cc1ccc(OC2OC(O)C(O)C(=O)C2=O)c(OC2OC(O)C(O)C(=O)C2=O)c1. The first kappa shape index (κ1) is 21.6. The molecule has 30 heavy (non-hydrogen) atoms. The number of aliphatic hydroxyl groups is 4. The number of carbonyl (C=O) groups excluding carboxylic acids is 5. The third-order valence-electron chi connectivity index (χ3n) is 4.09. The highest BCUT2D eigenvalue weighted by Gasteiger charge is 2.46. The van der Waals surface area contributed by atoms with Crippen molar-refractivity contribution in [1.82, 2.24) is 0 Å². The van der Waals surface area contributed by atoms with E-state index < -0.39 is 66.3 Å². The third-order valence-corrected chi connectivity index (χ3v) is 4.09. The first-order chi connectivity index (χ1) is 14.1. The van der Waals surface area contributed by atoms with E-state index in [1.54, 1.807) is 0 Å². The number of ketones is 4. The van der Waals surface area contributed by atoms with E-state index in [1.807, 2.05) is 0 Å². The quantitative estimate of drug-likeness (QED) is 0.268. The van der Waals surface area contributed by atoms with Gasteiger partial charge in [-0.05, 0) is 18.2 Å². The summed E-state index contributed by atoms with van der Waals surface area (Å²) < 4.78 is 19.8. The first-order valence-electron chi connectivity index (χ1n) is 8.26. The smallest absolute Gasteiger partial charge is 0.270 e. The van der Waals surface area contributed by atoms with Crippen LogP contribution in [0, 0.1) is 0 Å². The third kappa shape index (κ3) is 3.97. The van der Waals surface area contributed by atoms with Crippen molar-refractivity contribution in [3.8, 4) is 11.5 Å². The van der Waals surface area contributed by atoms with Crippen molar-refractivity contribution in [2.45, 2.75) is 37.4 Å². The van der Waals surface area contributed by atoms with Crippen molar-refractivity contribution in [1.29, 1.82) is 0 Å². The molecule has 1 aromatic rings. The Labute approximate surface area is 166 Å². The molecule has 0 aliphatic carbocycles. The van der Waals surface area contributed by atoms with Gasteiger partial charge in [0.05, 0.1) is 0 Å². The van der Waals surface area contributed by atoms with Crippen molar-refractivity contribution in [2.75, 3.05) is 0 Å². The Kier molecular flexibility index (Phi) is 6.02. The highest BCUT2D eigenvalue weighted by atomic mass is 16.8. The molecule has 3 rings (SSSR count). The largest absolute Gasteiger partial charge is 0.453 e. The standard InChI is InChI=1S/C17H14O13/c18-4-5-1-2-6(27-16-12(23)8(19)10(21)14(25)29-16)7(3-5)28-17-13(24)9(20)11(22)15(26)30-17/h1-4,10-11,14-17,21-22,25-26H. The zero-order valence-corrected chi connectivity index (χ0v) is 14.7. The Hall–Kier alpha value is -3.07. The van der Waals surface area contributed by atoms with Crippen molar-refractivity contribution >= 4 is 29.4 Å². The van der Waals surface area contributed by atoms with Gasteiger partial charge in [0.2, 0.25) is 11.6 Å². The molecule has 2 heterocycles. The molecular weight excluding hydrogens is 412 g/mol. The summed E-state index contributed by atoms with van der Waals surface area (Å²) in [5.74, 6) is -6.29. The molecule has 2 aliphatic heterocycles. The molecule has 0 bridgehead atoms. The lowest BCUT2D eigenvalue weighted by atomic mass is 10.1. The lowest BCUT2D eigenvalue weighted by molar-refractivity contribution is -0.243. The van der Waals surface area contributed by atoms with Gasteiger partial charge in [0.25, 0.3) is 24.1 Å². The first-order valence-corrected chi connectivity index (χ1v) is 8.26. The normalized spacial score (nSPS) is 32.1. The summed E-state index contributed by atoms with van der Waals surface area (Å²) in [5, 5.41) is 37.7. The predicted molar refractivity (Wildman–Crippen MR) is 86.9 cm³/mol. The van der Waals surface area contributed by atoms with Gasteiger partial charge in [0.15, 0.2) is 36.3 Å². The maximum absolute atomic E-state index is 12.0. The van der Waals surface area contributed by atoms with Gasteiger partial charge in [0, 0.05) is 5.56 Å². The zero-order chi connectivity index (χ0) is 22.2. The second-order valence-electron chi connectivity index (χ2n) is 6.12. The van der Waals surface area contributed by atoms with Crippen molar-refractivity contribution in [3.05, 3.63) is 23.8 Å². The van der Waals surface area contributed by atoms with Crippen LogP contribution in [-0.2, 0) is 28.7 Å². The van der Waals surface area contributed by atoms with Gasteiger partial charge in [-0.25, -0.2) is 0 Å². The van der Waals surface area contributed by atoms with Gasteiger partial charge in [0.1, 0.15) is 6.29 Å². The van der Waals surface area contributed by atoms with E-state index in [0.717, 1.165) is 12.1 Å². The summed E-state index contributed by atoms with van der Waals surface area (Å²) in [6, 6.07) is 3.29. The molecule has 0 radical (unpaired) electrons. The molecule has 0 amide bonds. The Balaban J connectivity index is 1.87. The maximum atomic E-state index is 12.0. The van der Waals surface area contributed by atoms with Crippen LogP contribution in [0.2, 0.25) is 0 Å². The van der Waals surface area contributed by atoms with Crippen LogP contribution >= 0.6 is 0 Å². The number of ether oxygens (including phenoxy) is 4. The summed E-state index contributed by atoms with van der Waals surface area (Å²) in [7, 11) is 0. The summed E-state index contributed by atoms with van der Waals surface area (Å²) in [4.78, 5) is 58.2. The molecule has 2 aliphatic rings. The molecule has 4 N–H and O–H groups in total. The molecule has 13 nitrogen and oxygen atoms in total. The number of aliphatic hydroxyl groups excluding tert-OH is 4. The van der Waals surface area contributed by atoms with E-state index in [4.69, 9.17) is 18.9 Å². The fourth-order valence-corrected chi connectivity index (χ4v) is 2.49. The maximum Gasteiger partial charge on any atom is 0.270 e. The highest BCUT2D eigenvalue weighted by molar-refractivity contribution is 6.41. The second kappa shape index (κ2) is 8.35. The van der Waals surface area contributed by atoms with Crippen LogP contribution in [0.25, 0.3) is 0 Å². The lowest BCUT2D eigenvalue weighted by Crippen LogP contribution is -2.54. The Morgan fingerprint density at radius 3 is 1.67 bits per heavy atom. The molecule has 6 atom stereocenters. The van der Waals surface area contributed by atoms with Gasteiger partial charge in [-0.3, -0.25) is 24.0 Å². The van der Waals surface area contributed by atoms with E-state index in [2.05, 4.69) is 0 Å². The van der Waals surface area contributed by atoms with E-state index >= 15 is 0 Å². The molecule has 6 unspecified atom stereocenters. The predicted octanol–water partition coefficient (Wildman–Crippen LogP) is -3.40. The monoisotopic (exact) mass is 426 g/mol. The molecule has 2 fully saturated rings. The van der Waals surface area contributed by atoms with Crippen molar-refractivity contribution in [3.63, 3.8) is 0 Å². The minimum atomic E-state index is -2.11. The molecule has 13 heteroatoms. The number of carbonyl (C=O) groups is 5. The Morgan fingerprint density at radius 2 is 1.20 bits per heavy atom. The fourth-order valence-electron chi connectivity index (χ4n) is 2.49. The van der Waals surface area contributed by atoms with E-state index in [9.17, 15) is 44.4 Å². The van der Waals surface area contributed by atoms with Crippen LogP contribution in [0.4, 0.5) is 0 Å². The molecule has 2 saturated heterocycles. The van der Waals surface area contributed by atoms with Crippen LogP contribution in [0.15, 0.2) is 18.2 Å². The molecule has 0 spiro atoms. The van der Waals surface area contributed by atoms with Crippen molar-refractivity contribution < 1.29 is 63.3 Å². The van der Waals surface area contributed by atoms with Crippen LogP contribution in [-0.4, -0.2) is 87.2 Å². The van der Waals surface area contributed by atoms with Gasteiger partial charge in [-0.1, -0.05) is 0 Å². The van der Waals surface area contributed by atoms with E-state index in [0.29, 0.717) is 6.29 Å². The van der Waals surface area contributed by atoms with E-state index in [1.165, 1.54) is 6.07 Å². The fraction of sp³-hybridized carbons (Fsp3) is 0.353. The van der Waals surface area contributed by atoms with Gasteiger partial charge in [-0.2, -0.15) is 0 Å². The molecule has 160 valence electrons. The van der Waals surface area contributed by atoms with Crippen molar-refractivity contribution in [2.24, 2.45) is 0 Å². The summed E-state index contributed by atoms with van der Waals surface area (Å²) in [6.45, 7) is 0. The number of aldehydes is 1. The number of rotatable bonds is 5. The molecule has 1 aromatic carbocycles. The molecule has 0 aromatic heterocycles. The Morgan fingerprint density at radius 1 is 0.733 bits per heavy atom. The van der Waals surface area contributed by atoms with Crippen LogP contribution in [0.3, 0.4) is 0 Å². The number of hydrogen-bond acceptors (Lipinski definition) is 13. The molecular formula is C17H14O13. The minimum absolute atomic E-state index is 0.00468. The van der Waals surface area contributed by atoms with Gasteiger partial charge < -0.3 is 39.4 Å². The topological polar surface area (TPSA) is 203 Å². The summed E-state index contributed by atoms with van der Waals surface area (Å²) >= 11 is 0.